The number of carbonyl (C=O) groups is 2. The standard InChI is InChI=1S/C24H16Cl2INO6S2/c1-33-20-11-15(10-19(27)22(20)34-36(31,32)18-7-5-16(25)6-8-18)12-21-23(29)28(24(30)35-21)13-14-3-2-4-17(26)9-14/h2-12H,13H2,1H3/b21-12-. The number of hydrogen-bond acceptors (Lipinski definition) is 7. The van der Waals surface area contributed by atoms with Crippen LogP contribution in [0.15, 0.2) is 70.5 Å². The van der Waals surface area contributed by atoms with E-state index in [0.29, 0.717) is 19.2 Å². The molecule has 7 nitrogen and oxygen atoms in total. The summed E-state index contributed by atoms with van der Waals surface area (Å²) in [7, 11) is -2.78. The van der Waals surface area contributed by atoms with Crippen LogP contribution in [-0.2, 0) is 21.5 Å². The average molecular weight is 676 g/mol. The molecular formula is C24H16Cl2INO6S2. The van der Waals surface area contributed by atoms with Crippen molar-refractivity contribution in [3.8, 4) is 11.5 Å². The molecule has 186 valence electrons. The van der Waals surface area contributed by atoms with Crippen molar-refractivity contribution in [1.29, 1.82) is 0 Å². The molecule has 3 aromatic carbocycles. The van der Waals surface area contributed by atoms with Crippen LogP contribution in [0.1, 0.15) is 11.1 Å². The zero-order chi connectivity index (χ0) is 26.0. The molecule has 0 N–H and O–H groups in total. The molecule has 1 heterocycles. The van der Waals surface area contributed by atoms with E-state index in [-0.39, 0.29) is 27.8 Å². The molecule has 4 rings (SSSR count). The number of ether oxygens (including phenoxy) is 1. The van der Waals surface area contributed by atoms with E-state index >= 15 is 0 Å². The summed E-state index contributed by atoms with van der Waals surface area (Å²) in [6.07, 6.45) is 1.55. The minimum absolute atomic E-state index is 0.000684. The Hall–Kier alpha value is -2.25. The summed E-state index contributed by atoms with van der Waals surface area (Å²) >= 11 is 14.6. The SMILES string of the molecule is COc1cc(/C=C2\SC(=O)N(Cc3cccc(Cl)c3)C2=O)cc(I)c1OS(=O)(=O)c1ccc(Cl)cc1. The monoisotopic (exact) mass is 675 g/mol. The van der Waals surface area contributed by atoms with Gasteiger partial charge in [-0.3, -0.25) is 14.5 Å². The number of thioether (sulfide) groups is 1. The third-order valence-corrected chi connectivity index (χ3v) is 8.38. The van der Waals surface area contributed by atoms with Gasteiger partial charge in [-0.1, -0.05) is 35.3 Å². The predicted octanol–water partition coefficient (Wildman–Crippen LogP) is 6.61. The Morgan fingerprint density at radius 1 is 1.03 bits per heavy atom. The lowest BCUT2D eigenvalue weighted by Gasteiger charge is -2.14. The van der Waals surface area contributed by atoms with E-state index in [1.165, 1.54) is 37.4 Å². The van der Waals surface area contributed by atoms with Gasteiger partial charge in [-0.2, -0.15) is 8.42 Å². The van der Waals surface area contributed by atoms with Crippen molar-refractivity contribution in [3.05, 3.63) is 90.3 Å². The Kier molecular flexibility index (Phi) is 8.20. The van der Waals surface area contributed by atoms with E-state index in [4.69, 9.17) is 32.1 Å². The van der Waals surface area contributed by atoms with Crippen LogP contribution in [0, 0.1) is 3.57 Å². The first kappa shape index (κ1) is 26.8. The Labute approximate surface area is 235 Å². The highest BCUT2D eigenvalue weighted by Gasteiger charge is 2.35. The Morgan fingerprint density at radius 3 is 2.42 bits per heavy atom. The summed E-state index contributed by atoms with van der Waals surface area (Å²) in [5.74, 6) is -0.298. The molecule has 3 aromatic rings. The second kappa shape index (κ2) is 11.0. The first-order valence-electron chi connectivity index (χ1n) is 10.1. The second-order valence-corrected chi connectivity index (χ2v) is 12.0. The van der Waals surface area contributed by atoms with Gasteiger partial charge in [0.25, 0.3) is 11.1 Å². The maximum atomic E-state index is 12.9. The van der Waals surface area contributed by atoms with Gasteiger partial charge in [0.05, 0.1) is 22.1 Å². The lowest BCUT2D eigenvalue weighted by molar-refractivity contribution is -0.123. The first-order valence-corrected chi connectivity index (χ1v) is 14.2. The third-order valence-electron chi connectivity index (χ3n) is 4.95. The van der Waals surface area contributed by atoms with E-state index in [1.807, 2.05) is 22.6 Å². The molecule has 0 unspecified atom stereocenters. The number of hydrogen-bond donors (Lipinski definition) is 0. The fourth-order valence-electron chi connectivity index (χ4n) is 3.27. The van der Waals surface area contributed by atoms with Crippen molar-refractivity contribution in [2.75, 3.05) is 7.11 Å². The number of imide groups is 1. The minimum atomic E-state index is -4.15. The lowest BCUT2D eigenvalue weighted by atomic mass is 10.1. The molecule has 36 heavy (non-hydrogen) atoms. The number of carbonyl (C=O) groups excluding carboxylic acids is 2. The maximum absolute atomic E-state index is 12.9. The molecule has 0 bridgehead atoms. The van der Waals surface area contributed by atoms with Crippen LogP contribution in [0.2, 0.25) is 10.0 Å². The van der Waals surface area contributed by atoms with Crippen LogP contribution in [0.4, 0.5) is 4.79 Å². The van der Waals surface area contributed by atoms with E-state index in [9.17, 15) is 18.0 Å². The zero-order valence-electron chi connectivity index (χ0n) is 18.4. The van der Waals surface area contributed by atoms with Crippen LogP contribution in [0.25, 0.3) is 6.08 Å². The minimum Gasteiger partial charge on any atom is -0.493 e. The van der Waals surface area contributed by atoms with Crippen molar-refractivity contribution in [3.63, 3.8) is 0 Å². The van der Waals surface area contributed by atoms with E-state index in [2.05, 4.69) is 0 Å². The molecule has 0 spiro atoms. The van der Waals surface area contributed by atoms with Crippen LogP contribution < -0.4 is 8.92 Å². The number of halogens is 3. The number of amides is 2. The van der Waals surface area contributed by atoms with E-state index < -0.39 is 21.3 Å². The first-order chi connectivity index (χ1) is 17.1. The number of rotatable bonds is 7. The quantitative estimate of drug-likeness (QED) is 0.158. The Morgan fingerprint density at radius 2 is 1.75 bits per heavy atom. The summed E-state index contributed by atoms with van der Waals surface area (Å²) in [6, 6.07) is 15.7. The summed E-state index contributed by atoms with van der Waals surface area (Å²) < 4.78 is 36.7. The number of benzene rings is 3. The molecule has 0 saturated carbocycles. The van der Waals surface area contributed by atoms with Gasteiger partial charge in [0, 0.05) is 10.0 Å². The van der Waals surface area contributed by atoms with Crippen LogP contribution in [0.3, 0.4) is 0 Å². The molecule has 1 aliphatic rings. The lowest BCUT2D eigenvalue weighted by Crippen LogP contribution is -2.27. The molecule has 12 heteroatoms. The van der Waals surface area contributed by atoms with Gasteiger partial charge in [-0.05, 0) is 100 Å². The largest absolute Gasteiger partial charge is 0.493 e. The van der Waals surface area contributed by atoms with Crippen molar-refractivity contribution in [1.82, 2.24) is 4.90 Å². The second-order valence-electron chi connectivity index (χ2n) is 7.42. The fraction of sp³-hybridized carbons (Fsp3) is 0.0833. The third kappa shape index (κ3) is 6.00. The van der Waals surface area contributed by atoms with Gasteiger partial charge in [0.2, 0.25) is 0 Å². The van der Waals surface area contributed by atoms with Gasteiger partial charge >= 0.3 is 10.1 Å². The molecule has 0 aromatic heterocycles. The van der Waals surface area contributed by atoms with Gasteiger partial charge in [0.15, 0.2) is 11.5 Å². The molecule has 0 atom stereocenters. The fourth-order valence-corrected chi connectivity index (χ4v) is 6.29. The van der Waals surface area contributed by atoms with Crippen molar-refractivity contribution in [2.45, 2.75) is 11.4 Å². The van der Waals surface area contributed by atoms with Gasteiger partial charge in [-0.25, -0.2) is 0 Å². The summed E-state index contributed by atoms with van der Waals surface area (Å²) in [5.41, 5.74) is 1.26. The van der Waals surface area contributed by atoms with Crippen LogP contribution in [0.5, 0.6) is 11.5 Å². The van der Waals surface area contributed by atoms with Crippen LogP contribution in [-0.4, -0.2) is 31.6 Å². The van der Waals surface area contributed by atoms with Crippen LogP contribution >= 0.6 is 57.6 Å². The summed E-state index contributed by atoms with van der Waals surface area (Å²) in [6.45, 7) is 0.0960. The molecule has 1 aliphatic heterocycles. The maximum Gasteiger partial charge on any atom is 0.339 e. The topological polar surface area (TPSA) is 90.0 Å². The Balaban J connectivity index is 1.60. The zero-order valence-corrected chi connectivity index (χ0v) is 23.7. The highest BCUT2D eigenvalue weighted by atomic mass is 127. The van der Waals surface area contributed by atoms with Gasteiger partial charge in [0.1, 0.15) is 4.90 Å². The highest BCUT2D eigenvalue weighted by Crippen LogP contribution is 2.39. The predicted molar refractivity (Wildman–Crippen MR) is 148 cm³/mol. The average Bonchev–Trinajstić information content (AvgIpc) is 3.08. The summed E-state index contributed by atoms with van der Waals surface area (Å²) in [5, 5.41) is 0.501. The van der Waals surface area contributed by atoms with Crippen molar-refractivity contribution >= 4 is 84.9 Å². The summed E-state index contributed by atoms with van der Waals surface area (Å²) in [4.78, 5) is 26.7. The highest BCUT2D eigenvalue weighted by molar-refractivity contribution is 14.1. The van der Waals surface area contributed by atoms with Crippen molar-refractivity contribution in [2.24, 2.45) is 0 Å². The van der Waals surface area contributed by atoms with Crippen molar-refractivity contribution < 1.29 is 26.9 Å². The molecule has 1 saturated heterocycles. The molecule has 1 fully saturated rings. The Bertz CT molecular complexity index is 1490. The van der Waals surface area contributed by atoms with Gasteiger partial charge < -0.3 is 8.92 Å². The number of methoxy groups -OCH3 is 1. The normalized spacial score (nSPS) is 15.0. The molecule has 0 aliphatic carbocycles. The van der Waals surface area contributed by atoms with E-state index in [0.717, 1.165) is 22.2 Å². The smallest absolute Gasteiger partial charge is 0.339 e. The van der Waals surface area contributed by atoms with E-state index in [1.54, 1.807) is 36.4 Å². The van der Waals surface area contributed by atoms with Gasteiger partial charge in [-0.15, -0.1) is 0 Å². The number of nitrogens with zero attached hydrogens (tertiary/aromatic N) is 1. The molecular weight excluding hydrogens is 660 g/mol. The molecule has 0 radical (unpaired) electrons. The molecule has 2 amide bonds.